The summed E-state index contributed by atoms with van der Waals surface area (Å²) >= 11 is 0. The third-order valence-electron chi connectivity index (χ3n) is 6.00. The van der Waals surface area contributed by atoms with Gasteiger partial charge in [-0.25, -0.2) is 0 Å². The molecule has 2 aliphatic rings. The lowest BCUT2D eigenvalue weighted by atomic mass is 9.75. The van der Waals surface area contributed by atoms with Crippen LogP contribution < -0.4 is 5.32 Å². The Kier molecular flexibility index (Phi) is 3.54. The standard InChI is InChI=1S/C23H20N2O2/c1-14-5-4-7-16(11-14)23-20-12-15-6-2-3-8-18(15)22(20)19-13-17(25(26)27)9-10-21(19)24-23/h2-11,13,20,22-24H,12H2,1H3. The minimum atomic E-state index is -0.303. The van der Waals surface area contributed by atoms with E-state index in [1.165, 1.54) is 22.3 Å². The number of non-ortho nitro benzene ring substituents is 1. The van der Waals surface area contributed by atoms with E-state index in [1.807, 2.05) is 6.07 Å². The first-order valence-electron chi connectivity index (χ1n) is 9.31. The number of hydrogen-bond donors (Lipinski definition) is 1. The number of hydrogen-bond acceptors (Lipinski definition) is 3. The highest BCUT2D eigenvalue weighted by atomic mass is 16.6. The maximum Gasteiger partial charge on any atom is 0.269 e. The minimum absolute atomic E-state index is 0.160. The smallest absolute Gasteiger partial charge is 0.269 e. The summed E-state index contributed by atoms with van der Waals surface area (Å²) in [4.78, 5) is 11.0. The van der Waals surface area contributed by atoms with Crippen molar-refractivity contribution in [3.05, 3.63) is 105 Å². The molecule has 4 nitrogen and oxygen atoms in total. The van der Waals surface area contributed by atoms with E-state index in [4.69, 9.17) is 0 Å². The van der Waals surface area contributed by atoms with Gasteiger partial charge in [-0.15, -0.1) is 0 Å². The highest BCUT2D eigenvalue weighted by Crippen LogP contribution is 2.54. The van der Waals surface area contributed by atoms with Gasteiger partial charge in [0.1, 0.15) is 0 Å². The van der Waals surface area contributed by atoms with Gasteiger partial charge in [-0.1, -0.05) is 54.1 Å². The van der Waals surface area contributed by atoms with Gasteiger partial charge in [-0.2, -0.15) is 0 Å². The van der Waals surface area contributed by atoms with Crippen LogP contribution in [0.3, 0.4) is 0 Å². The van der Waals surface area contributed by atoms with E-state index in [0.29, 0.717) is 5.92 Å². The summed E-state index contributed by atoms with van der Waals surface area (Å²) in [5.41, 5.74) is 7.40. The van der Waals surface area contributed by atoms with Crippen LogP contribution in [0.25, 0.3) is 0 Å². The lowest BCUT2D eigenvalue weighted by Crippen LogP contribution is -2.30. The van der Waals surface area contributed by atoms with Gasteiger partial charge in [-0.05, 0) is 47.6 Å². The molecular formula is C23H20N2O2. The zero-order valence-electron chi connectivity index (χ0n) is 15.1. The van der Waals surface area contributed by atoms with Crippen molar-refractivity contribution in [2.75, 3.05) is 5.32 Å². The second-order valence-corrected chi connectivity index (χ2v) is 7.61. The van der Waals surface area contributed by atoms with E-state index in [-0.39, 0.29) is 22.6 Å². The molecule has 1 heterocycles. The molecule has 1 N–H and O–H groups in total. The molecule has 27 heavy (non-hydrogen) atoms. The molecule has 0 saturated carbocycles. The number of anilines is 1. The monoisotopic (exact) mass is 356 g/mol. The van der Waals surface area contributed by atoms with Crippen LogP contribution in [0.1, 0.15) is 39.8 Å². The van der Waals surface area contributed by atoms with Crippen LogP contribution in [0.15, 0.2) is 66.7 Å². The molecule has 3 unspecified atom stereocenters. The summed E-state index contributed by atoms with van der Waals surface area (Å²) in [7, 11) is 0. The third kappa shape index (κ3) is 2.52. The van der Waals surface area contributed by atoms with Crippen LogP contribution in [0.5, 0.6) is 0 Å². The fraction of sp³-hybridized carbons (Fsp3) is 0.217. The fourth-order valence-electron chi connectivity index (χ4n) is 4.86. The van der Waals surface area contributed by atoms with Gasteiger partial charge in [0.05, 0.1) is 11.0 Å². The average molecular weight is 356 g/mol. The van der Waals surface area contributed by atoms with Crippen LogP contribution in [-0.4, -0.2) is 4.92 Å². The number of nitro groups is 1. The molecule has 0 aromatic heterocycles. The van der Waals surface area contributed by atoms with Gasteiger partial charge in [0.25, 0.3) is 5.69 Å². The van der Waals surface area contributed by atoms with Gasteiger partial charge in [0.15, 0.2) is 0 Å². The molecule has 1 aliphatic carbocycles. The second-order valence-electron chi connectivity index (χ2n) is 7.61. The summed E-state index contributed by atoms with van der Waals surface area (Å²) in [6, 6.07) is 22.6. The predicted octanol–water partition coefficient (Wildman–Crippen LogP) is 5.37. The van der Waals surface area contributed by atoms with Crippen molar-refractivity contribution < 1.29 is 4.92 Å². The molecule has 3 aromatic carbocycles. The maximum absolute atomic E-state index is 11.3. The molecule has 0 radical (unpaired) electrons. The molecule has 0 spiro atoms. The molecule has 134 valence electrons. The van der Waals surface area contributed by atoms with Gasteiger partial charge >= 0.3 is 0 Å². The number of nitrogens with one attached hydrogen (secondary N) is 1. The molecule has 5 rings (SSSR count). The highest BCUT2D eigenvalue weighted by molar-refractivity contribution is 5.65. The Balaban J connectivity index is 1.69. The van der Waals surface area contributed by atoms with Crippen molar-refractivity contribution in [2.45, 2.75) is 25.3 Å². The van der Waals surface area contributed by atoms with Crippen LogP contribution in [0.4, 0.5) is 11.4 Å². The number of rotatable bonds is 2. The molecule has 0 fully saturated rings. The normalized spacial score (nSPS) is 22.3. The lowest BCUT2D eigenvalue weighted by molar-refractivity contribution is -0.384. The quantitative estimate of drug-likeness (QED) is 0.496. The summed E-state index contributed by atoms with van der Waals surface area (Å²) in [6.45, 7) is 2.12. The van der Waals surface area contributed by atoms with Crippen LogP contribution in [0, 0.1) is 23.0 Å². The van der Waals surface area contributed by atoms with Crippen LogP contribution in [-0.2, 0) is 6.42 Å². The molecule has 3 atom stereocenters. The van der Waals surface area contributed by atoms with Crippen LogP contribution in [0.2, 0.25) is 0 Å². The van der Waals surface area contributed by atoms with Crippen molar-refractivity contribution in [3.8, 4) is 0 Å². The van der Waals surface area contributed by atoms with Crippen molar-refractivity contribution in [2.24, 2.45) is 5.92 Å². The Morgan fingerprint density at radius 1 is 1.00 bits per heavy atom. The molecule has 0 bridgehead atoms. The van der Waals surface area contributed by atoms with Crippen molar-refractivity contribution in [1.29, 1.82) is 0 Å². The van der Waals surface area contributed by atoms with Crippen molar-refractivity contribution in [3.63, 3.8) is 0 Å². The van der Waals surface area contributed by atoms with Crippen molar-refractivity contribution in [1.82, 2.24) is 0 Å². The molecular weight excluding hydrogens is 336 g/mol. The SMILES string of the molecule is Cc1cccc(C2Nc3ccc([N+](=O)[O-])cc3C3c4ccccc4CC23)c1. The maximum atomic E-state index is 11.3. The first-order valence-corrected chi connectivity index (χ1v) is 9.31. The Labute approximate surface area is 158 Å². The molecule has 0 saturated heterocycles. The van der Waals surface area contributed by atoms with Crippen molar-refractivity contribution >= 4 is 11.4 Å². The Bertz CT molecular complexity index is 1060. The number of aryl methyl sites for hydroxylation is 1. The lowest BCUT2D eigenvalue weighted by Gasteiger charge is -2.38. The Hall–Kier alpha value is -3.14. The molecule has 3 aromatic rings. The Morgan fingerprint density at radius 2 is 1.85 bits per heavy atom. The summed E-state index contributed by atoms with van der Waals surface area (Å²) < 4.78 is 0. The van der Waals surface area contributed by atoms with Crippen LogP contribution >= 0.6 is 0 Å². The average Bonchev–Trinajstić information content (AvgIpc) is 3.06. The number of benzene rings is 3. The van der Waals surface area contributed by atoms with E-state index in [0.717, 1.165) is 17.7 Å². The van der Waals surface area contributed by atoms with Gasteiger partial charge < -0.3 is 5.32 Å². The number of nitro benzene ring substituents is 1. The molecule has 1 aliphatic heterocycles. The largest absolute Gasteiger partial charge is 0.378 e. The molecule has 4 heteroatoms. The van der Waals surface area contributed by atoms with E-state index in [1.54, 1.807) is 12.1 Å². The highest BCUT2D eigenvalue weighted by Gasteiger charge is 2.43. The van der Waals surface area contributed by atoms with Gasteiger partial charge in [0, 0.05) is 23.7 Å². The van der Waals surface area contributed by atoms with Gasteiger partial charge in [-0.3, -0.25) is 10.1 Å². The number of fused-ring (bicyclic) bond motifs is 5. The fourth-order valence-corrected chi connectivity index (χ4v) is 4.86. The number of nitrogens with zero attached hydrogens (tertiary/aromatic N) is 1. The van der Waals surface area contributed by atoms with E-state index >= 15 is 0 Å². The predicted molar refractivity (Wildman–Crippen MR) is 106 cm³/mol. The first-order chi connectivity index (χ1) is 13.1. The summed E-state index contributed by atoms with van der Waals surface area (Å²) in [5, 5.41) is 15.0. The molecule has 0 amide bonds. The van der Waals surface area contributed by atoms with E-state index in [2.05, 4.69) is 60.8 Å². The Morgan fingerprint density at radius 3 is 2.67 bits per heavy atom. The summed E-state index contributed by atoms with van der Waals surface area (Å²) in [6.07, 6.45) is 0.981. The second kappa shape index (κ2) is 5.95. The van der Waals surface area contributed by atoms with Gasteiger partial charge in [0.2, 0.25) is 0 Å². The summed E-state index contributed by atoms with van der Waals surface area (Å²) in [5.74, 6) is 0.529. The zero-order valence-corrected chi connectivity index (χ0v) is 15.1. The zero-order chi connectivity index (χ0) is 18.5. The minimum Gasteiger partial charge on any atom is -0.378 e. The third-order valence-corrected chi connectivity index (χ3v) is 6.00. The van der Waals surface area contributed by atoms with E-state index < -0.39 is 0 Å². The topological polar surface area (TPSA) is 55.2 Å². The van der Waals surface area contributed by atoms with E-state index in [9.17, 15) is 10.1 Å². The first kappa shape index (κ1) is 16.1.